The molecular formula is C23H26N4O2. The molecule has 0 bridgehead atoms. The summed E-state index contributed by atoms with van der Waals surface area (Å²) in [5.41, 5.74) is 4.78. The van der Waals surface area contributed by atoms with Crippen molar-refractivity contribution in [2.75, 3.05) is 26.2 Å². The third kappa shape index (κ3) is 5.23. The molecule has 0 aliphatic carbocycles. The molecule has 0 saturated heterocycles. The van der Waals surface area contributed by atoms with Crippen molar-refractivity contribution in [3.8, 4) is 17.0 Å². The molecular weight excluding hydrogens is 364 g/mol. The second-order valence-corrected chi connectivity index (χ2v) is 7.28. The zero-order valence-electron chi connectivity index (χ0n) is 16.4. The highest BCUT2D eigenvalue weighted by atomic mass is 16.5. The van der Waals surface area contributed by atoms with Crippen LogP contribution in [-0.2, 0) is 17.8 Å². The van der Waals surface area contributed by atoms with Gasteiger partial charge in [0.1, 0.15) is 5.75 Å². The summed E-state index contributed by atoms with van der Waals surface area (Å²) in [6.45, 7) is 3.75. The minimum atomic E-state index is -0.0964. The Bertz CT molecular complexity index is 940. The van der Waals surface area contributed by atoms with Crippen LogP contribution in [0.15, 0.2) is 61.1 Å². The van der Waals surface area contributed by atoms with Crippen LogP contribution < -0.4 is 10.1 Å². The third-order valence-electron chi connectivity index (χ3n) is 5.20. The van der Waals surface area contributed by atoms with Gasteiger partial charge >= 0.3 is 0 Å². The lowest BCUT2D eigenvalue weighted by atomic mass is 10.00. The molecule has 6 nitrogen and oxygen atoms in total. The van der Waals surface area contributed by atoms with E-state index in [0.29, 0.717) is 12.3 Å². The number of aromatic nitrogens is 2. The number of imidazole rings is 1. The summed E-state index contributed by atoms with van der Waals surface area (Å²) in [7, 11) is 0. The van der Waals surface area contributed by atoms with Crippen LogP contribution in [0.4, 0.5) is 0 Å². The van der Waals surface area contributed by atoms with E-state index < -0.39 is 0 Å². The highest BCUT2D eigenvalue weighted by Crippen LogP contribution is 2.21. The number of H-pyrrole nitrogens is 1. The molecule has 0 radical (unpaired) electrons. The Morgan fingerprint density at radius 3 is 2.93 bits per heavy atom. The van der Waals surface area contributed by atoms with Crippen molar-refractivity contribution in [3.63, 3.8) is 0 Å². The van der Waals surface area contributed by atoms with E-state index in [0.717, 1.165) is 43.7 Å². The molecule has 0 atom stereocenters. The number of hydrogen-bond acceptors (Lipinski definition) is 4. The lowest BCUT2D eigenvalue weighted by molar-refractivity contribution is -0.123. The van der Waals surface area contributed by atoms with E-state index in [-0.39, 0.29) is 12.5 Å². The number of rotatable bonds is 8. The Balaban J connectivity index is 1.15. The molecule has 1 aromatic heterocycles. The molecule has 1 aliphatic heterocycles. The van der Waals surface area contributed by atoms with Gasteiger partial charge in [-0.2, -0.15) is 0 Å². The minimum Gasteiger partial charge on any atom is -0.484 e. The highest BCUT2D eigenvalue weighted by molar-refractivity contribution is 5.77. The summed E-state index contributed by atoms with van der Waals surface area (Å²) in [5, 5.41) is 2.95. The highest BCUT2D eigenvalue weighted by Gasteiger charge is 2.15. The molecule has 1 amide bonds. The van der Waals surface area contributed by atoms with Gasteiger partial charge in [-0.05, 0) is 36.1 Å². The van der Waals surface area contributed by atoms with Crippen molar-refractivity contribution in [1.82, 2.24) is 20.2 Å². The number of hydrogen-bond donors (Lipinski definition) is 2. The molecule has 29 heavy (non-hydrogen) atoms. The van der Waals surface area contributed by atoms with Gasteiger partial charge in [0, 0.05) is 31.7 Å². The fourth-order valence-corrected chi connectivity index (χ4v) is 3.64. The first kappa shape index (κ1) is 19.2. The van der Waals surface area contributed by atoms with Crippen LogP contribution in [0.2, 0.25) is 0 Å². The number of aromatic amines is 1. The van der Waals surface area contributed by atoms with E-state index in [1.807, 2.05) is 24.3 Å². The second-order valence-electron chi connectivity index (χ2n) is 7.28. The third-order valence-corrected chi connectivity index (χ3v) is 5.20. The fourth-order valence-electron chi connectivity index (χ4n) is 3.64. The average Bonchev–Trinajstić information content (AvgIpc) is 3.30. The lowest BCUT2D eigenvalue weighted by Crippen LogP contribution is -2.34. The second kappa shape index (κ2) is 9.39. The molecule has 0 unspecified atom stereocenters. The molecule has 0 spiro atoms. The summed E-state index contributed by atoms with van der Waals surface area (Å²) >= 11 is 0. The van der Waals surface area contributed by atoms with Gasteiger partial charge in [-0.3, -0.25) is 9.69 Å². The van der Waals surface area contributed by atoms with Crippen LogP contribution in [-0.4, -0.2) is 47.0 Å². The van der Waals surface area contributed by atoms with Gasteiger partial charge in [-0.1, -0.05) is 36.4 Å². The predicted molar refractivity (Wildman–Crippen MR) is 113 cm³/mol. The first-order valence-corrected chi connectivity index (χ1v) is 10.1. The van der Waals surface area contributed by atoms with Crippen molar-refractivity contribution >= 4 is 5.91 Å². The Hall–Kier alpha value is -3.12. The summed E-state index contributed by atoms with van der Waals surface area (Å²) in [4.78, 5) is 21.6. The number of carbonyl (C=O) groups is 1. The molecule has 2 N–H and O–H groups in total. The van der Waals surface area contributed by atoms with E-state index in [1.165, 1.54) is 11.1 Å². The van der Waals surface area contributed by atoms with Crippen LogP contribution in [0.1, 0.15) is 17.5 Å². The number of nitrogens with one attached hydrogen (secondary N) is 2. The van der Waals surface area contributed by atoms with Crippen LogP contribution in [0.3, 0.4) is 0 Å². The Morgan fingerprint density at radius 2 is 2.07 bits per heavy atom. The molecule has 3 aromatic rings. The molecule has 150 valence electrons. The fraction of sp³-hybridized carbons (Fsp3) is 0.304. The number of carbonyl (C=O) groups excluding carboxylic acids is 1. The Kier molecular flexibility index (Phi) is 6.22. The van der Waals surface area contributed by atoms with Crippen molar-refractivity contribution in [2.45, 2.75) is 19.4 Å². The SMILES string of the molecule is O=C(COc1cccc(-c2cnc[nH]2)c1)NCCCN1CCc2ccccc2C1. The van der Waals surface area contributed by atoms with Crippen LogP contribution in [0.25, 0.3) is 11.3 Å². The zero-order chi connectivity index (χ0) is 19.9. The standard InChI is InChI=1S/C23H26N4O2/c28-23(16-29-21-8-3-7-19(13-21)22-14-24-17-26-22)25-10-4-11-27-12-9-18-5-1-2-6-20(18)15-27/h1-3,5-8,13-14,17H,4,9-12,15-16H2,(H,24,26)(H,25,28). The summed E-state index contributed by atoms with van der Waals surface area (Å²) < 4.78 is 5.64. The zero-order valence-corrected chi connectivity index (χ0v) is 16.4. The van der Waals surface area contributed by atoms with Crippen LogP contribution >= 0.6 is 0 Å². The van der Waals surface area contributed by atoms with Gasteiger partial charge in [-0.25, -0.2) is 4.98 Å². The van der Waals surface area contributed by atoms with Crippen molar-refractivity contribution in [2.24, 2.45) is 0 Å². The molecule has 2 heterocycles. The quantitative estimate of drug-likeness (QED) is 0.580. The molecule has 0 saturated carbocycles. The molecule has 4 rings (SSSR count). The number of amides is 1. The minimum absolute atomic E-state index is 0.0174. The number of ether oxygens (including phenoxy) is 1. The first-order valence-electron chi connectivity index (χ1n) is 10.1. The van der Waals surface area contributed by atoms with Crippen LogP contribution in [0, 0.1) is 0 Å². The summed E-state index contributed by atoms with van der Waals surface area (Å²) in [5.74, 6) is 0.570. The van der Waals surface area contributed by atoms with E-state index in [9.17, 15) is 4.79 Å². The van der Waals surface area contributed by atoms with E-state index >= 15 is 0 Å². The molecule has 6 heteroatoms. The maximum atomic E-state index is 12.1. The largest absolute Gasteiger partial charge is 0.484 e. The lowest BCUT2D eigenvalue weighted by Gasteiger charge is -2.28. The summed E-state index contributed by atoms with van der Waals surface area (Å²) in [6, 6.07) is 16.3. The first-order chi connectivity index (χ1) is 14.3. The van der Waals surface area contributed by atoms with E-state index in [4.69, 9.17) is 4.74 Å². The molecule has 1 aliphatic rings. The van der Waals surface area contributed by atoms with Gasteiger partial charge in [-0.15, -0.1) is 0 Å². The van der Waals surface area contributed by atoms with Gasteiger partial charge in [0.15, 0.2) is 6.61 Å². The van der Waals surface area contributed by atoms with Gasteiger partial charge in [0.2, 0.25) is 0 Å². The number of nitrogens with zero attached hydrogens (tertiary/aromatic N) is 2. The van der Waals surface area contributed by atoms with Gasteiger partial charge < -0.3 is 15.0 Å². The number of fused-ring (bicyclic) bond motifs is 1. The Morgan fingerprint density at radius 1 is 1.17 bits per heavy atom. The normalized spacial score (nSPS) is 13.7. The average molecular weight is 390 g/mol. The van der Waals surface area contributed by atoms with Gasteiger partial charge in [0.05, 0.1) is 18.2 Å². The van der Waals surface area contributed by atoms with Crippen LogP contribution in [0.5, 0.6) is 5.75 Å². The maximum absolute atomic E-state index is 12.1. The topological polar surface area (TPSA) is 70.2 Å². The molecule has 0 fully saturated rings. The van der Waals surface area contributed by atoms with Crippen molar-refractivity contribution < 1.29 is 9.53 Å². The van der Waals surface area contributed by atoms with E-state index in [1.54, 1.807) is 12.5 Å². The maximum Gasteiger partial charge on any atom is 0.257 e. The van der Waals surface area contributed by atoms with E-state index in [2.05, 4.69) is 44.5 Å². The smallest absolute Gasteiger partial charge is 0.257 e. The predicted octanol–water partition coefficient (Wildman–Crippen LogP) is 3.02. The van der Waals surface area contributed by atoms with Gasteiger partial charge in [0.25, 0.3) is 5.91 Å². The monoisotopic (exact) mass is 390 g/mol. The Labute approximate surface area is 170 Å². The van der Waals surface area contributed by atoms with Crippen molar-refractivity contribution in [3.05, 3.63) is 72.2 Å². The number of benzene rings is 2. The van der Waals surface area contributed by atoms with Crippen molar-refractivity contribution in [1.29, 1.82) is 0 Å². The summed E-state index contributed by atoms with van der Waals surface area (Å²) in [6.07, 6.45) is 5.43. The molecule has 2 aromatic carbocycles.